The monoisotopic (exact) mass is 382 g/mol. The molecule has 2 aromatic rings. The zero-order chi connectivity index (χ0) is 19.9. The van der Waals surface area contributed by atoms with Gasteiger partial charge in [-0.05, 0) is 42.8 Å². The molecule has 0 aliphatic rings. The van der Waals surface area contributed by atoms with Gasteiger partial charge in [-0.3, -0.25) is 0 Å². The minimum absolute atomic E-state index is 0.0450. The number of ether oxygens (including phenoxy) is 2. The average Bonchev–Trinajstić information content (AvgIpc) is 2.59. The number of nitrogens with one attached hydrogen (secondary N) is 2. The molecule has 6 nitrogen and oxygen atoms in total. The fourth-order valence-electron chi connectivity index (χ4n) is 2.01. The molecule has 0 aliphatic carbocycles. The van der Waals surface area contributed by atoms with Gasteiger partial charge in [-0.25, -0.2) is 9.59 Å². The molecule has 144 valence electrons. The third-order valence-corrected chi connectivity index (χ3v) is 3.16. The number of hydrogen-bond donors (Lipinski definition) is 2. The van der Waals surface area contributed by atoms with E-state index in [0.717, 1.165) is 30.7 Å². The number of urea groups is 1. The molecular weight excluding hydrogens is 365 g/mol. The van der Waals surface area contributed by atoms with Gasteiger partial charge in [0.05, 0.1) is 5.56 Å². The lowest BCUT2D eigenvalue weighted by molar-refractivity contribution is -0.274. The highest BCUT2D eigenvalue weighted by Crippen LogP contribution is 2.23. The highest BCUT2D eigenvalue weighted by Gasteiger charge is 2.31. The number of halogens is 3. The molecule has 0 aromatic heterocycles. The van der Waals surface area contributed by atoms with Gasteiger partial charge >= 0.3 is 18.4 Å². The second-order valence-corrected chi connectivity index (χ2v) is 5.37. The van der Waals surface area contributed by atoms with Crippen LogP contribution >= 0.6 is 0 Å². The Hall–Kier alpha value is -3.23. The first-order chi connectivity index (χ1) is 12.8. The Morgan fingerprint density at radius 1 is 1.04 bits per heavy atom. The Morgan fingerprint density at radius 3 is 2.37 bits per heavy atom. The molecule has 0 bridgehead atoms. The summed E-state index contributed by atoms with van der Waals surface area (Å²) in [5.74, 6) is -1.03. The summed E-state index contributed by atoms with van der Waals surface area (Å²) < 4.78 is 45.3. The fraction of sp³-hybridized carbons (Fsp3) is 0.222. The lowest BCUT2D eigenvalue weighted by Crippen LogP contribution is -2.29. The first kappa shape index (κ1) is 20.1. The third kappa shape index (κ3) is 6.89. The molecule has 0 fully saturated rings. The molecule has 2 rings (SSSR count). The van der Waals surface area contributed by atoms with E-state index < -0.39 is 18.1 Å². The SMILES string of the molecule is CCCNC(=O)Nc1cccc(OC(=O)c2ccc(OC(F)(F)F)cc2)c1. The van der Waals surface area contributed by atoms with Gasteiger partial charge in [0.25, 0.3) is 0 Å². The van der Waals surface area contributed by atoms with Crippen LogP contribution in [0.1, 0.15) is 23.7 Å². The number of carbonyl (C=O) groups is 2. The smallest absolute Gasteiger partial charge is 0.423 e. The topological polar surface area (TPSA) is 76.7 Å². The first-order valence-electron chi connectivity index (χ1n) is 8.00. The molecule has 0 radical (unpaired) electrons. The van der Waals surface area contributed by atoms with E-state index in [1.165, 1.54) is 12.1 Å². The summed E-state index contributed by atoms with van der Waals surface area (Å²) >= 11 is 0. The predicted octanol–water partition coefficient (Wildman–Crippen LogP) is 4.34. The average molecular weight is 382 g/mol. The number of esters is 1. The second-order valence-electron chi connectivity index (χ2n) is 5.37. The van der Waals surface area contributed by atoms with Crippen molar-refractivity contribution in [3.8, 4) is 11.5 Å². The summed E-state index contributed by atoms with van der Waals surface area (Å²) in [6.07, 6.45) is -4.02. The Balaban J connectivity index is 1.99. The molecular formula is C18H17F3N2O4. The maximum atomic E-state index is 12.1. The van der Waals surface area contributed by atoms with Gasteiger partial charge in [0.1, 0.15) is 11.5 Å². The van der Waals surface area contributed by atoms with Crippen LogP contribution in [0.2, 0.25) is 0 Å². The van der Waals surface area contributed by atoms with E-state index in [0.29, 0.717) is 12.2 Å². The summed E-state index contributed by atoms with van der Waals surface area (Å²) in [5.41, 5.74) is 0.464. The van der Waals surface area contributed by atoms with Crippen molar-refractivity contribution >= 4 is 17.7 Å². The van der Waals surface area contributed by atoms with E-state index in [9.17, 15) is 22.8 Å². The highest BCUT2D eigenvalue weighted by molar-refractivity contribution is 5.92. The van der Waals surface area contributed by atoms with Gasteiger partial charge < -0.3 is 20.1 Å². The fourth-order valence-corrected chi connectivity index (χ4v) is 2.01. The van der Waals surface area contributed by atoms with Crippen LogP contribution in [0.4, 0.5) is 23.7 Å². The van der Waals surface area contributed by atoms with Gasteiger partial charge in [0.2, 0.25) is 0 Å². The normalized spacial score (nSPS) is 10.8. The lowest BCUT2D eigenvalue weighted by atomic mass is 10.2. The number of amides is 2. The highest BCUT2D eigenvalue weighted by atomic mass is 19.4. The standard InChI is InChI=1S/C18H17F3N2O4/c1-2-10-22-17(25)23-13-4-3-5-15(11-13)26-16(24)12-6-8-14(9-7-12)27-18(19,20)21/h3-9,11H,2,10H2,1H3,(H2,22,23,25). The van der Waals surface area contributed by atoms with Crippen molar-refractivity contribution in [2.45, 2.75) is 19.7 Å². The second kappa shape index (κ2) is 8.93. The molecule has 0 saturated carbocycles. The van der Waals surface area contributed by atoms with Crippen molar-refractivity contribution in [3.05, 3.63) is 54.1 Å². The molecule has 0 heterocycles. The number of rotatable bonds is 6. The largest absolute Gasteiger partial charge is 0.573 e. The van der Waals surface area contributed by atoms with Crippen LogP contribution in [0.3, 0.4) is 0 Å². The number of benzene rings is 2. The summed E-state index contributed by atoms with van der Waals surface area (Å²) in [5, 5.41) is 5.23. The van der Waals surface area contributed by atoms with Crippen LogP contribution in [-0.4, -0.2) is 24.9 Å². The maximum absolute atomic E-state index is 12.1. The van der Waals surface area contributed by atoms with Crippen molar-refractivity contribution in [1.82, 2.24) is 5.32 Å². The molecule has 0 atom stereocenters. The predicted molar refractivity (Wildman–Crippen MR) is 91.8 cm³/mol. The Labute approximate surface area is 153 Å². The molecule has 0 spiro atoms. The zero-order valence-corrected chi connectivity index (χ0v) is 14.3. The minimum atomic E-state index is -4.81. The third-order valence-electron chi connectivity index (χ3n) is 3.16. The molecule has 2 N–H and O–H groups in total. The van der Waals surface area contributed by atoms with Crippen molar-refractivity contribution in [2.24, 2.45) is 0 Å². The van der Waals surface area contributed by atoms with Crippen molar-refractivity contribution in [3.63, 3.8) is 0 Å². The summed E-state index contributed by atoms with van der Waals surface area (Å²) in [7, 11) is 0. The van der Waals surface area contributed by atoms with Crippen LogP contribution in [0, 0.1) is 0 Å². The number of anilines is 1. The van der Waals surface area contributed by atoms with Gasteiger partial charge in [-0.2, -0.15) is 0 Å². The van der Waals surface area contributed by atoms with Crippen LogP contribution in [0.15, 0.2) is 48.5 Å². The molecule has 2 amide bonds. The Bertz CT molecular complexity index is 792. The van der Waals surface area contributed by atoms with Crippen molar-refractivity contribution in [2.75, 3.05) is 11.9 Å². The van der Waals surface area contributed by atoms with E-state index in [1.54, 1.807) is 12.1 Å². The molecule has 0 unspecified atom stereocenters. The summed E-state index contributed by atoms with van der Waals surface area (Å²) in [4.78, 5) is 23.7. The summed E-state index contributed by atoms with van der Waals surface area (Å²) in [6, 6.07) is 10.1. The van der Waals surface area contributed by atoms with Crippen LogP contribution in [0.5, 0.6) is 11.5 Å². The van der Waals surface area contributed by atoms with Gasteiger partial charge in [-0.1, -0.05) is 13.0 Å². The summed E-state index contributed by atoms with van der Waals surface area (Å²) in [6.45, 7) is 2.44. The number of carbonyl (C=O) groups excluding carboxylic acids is 2. The minimum Gasteiger partial charge on any atom is -0.423 e. The van der Waals surface area contributed by atoms with Crippen molar-refractivity contribution in [1.29, 1.82) is 0 Å². The zero-order valence-electron chi connectivity index (χ0n) is 14.3. The van der Waals surface area contributed by atoms with E-state index in [2.05, 4.69) is 15.4 Å². The van der Waals surface area contributed by atoms with Gasteiger partial charge in [0.15, 0.2) is 0 Å². The molecule has 2 aromatic carbocycles. The van der Waals surface area contributed by atoms with Crippen LogP contribution in [-0.2, 0) is 0 Å². The lowest BCUT2D eigenvalue weighted by Gasteiger charge is -2.10. The number of hydrogen-bond acceptors (Lipinski definition) is 4. The van der Waals surface area contributed by atoms with Crippen molar-refractivity contribution < 1.29 is 32.2 Å². The van der Waals surface area contributed by atoms with Gasteiger partial charge in [-0.15, -0.1) is 13.2 Å². The van der Waals surface area contributed by atoms with Crippen LogP contribution in [0.25, 0.3) is 0 Å². The van der Waals surface area contributed by atoms with E-state index in [1.807, 2.05) is 6.92 Å². The Morgan fingerprint density at radius 2 is 1.74 bits per heavy atom. The van der Waals surface area contributed by atoms with Gasteiger partial charge in [0, 0.05) is 18.3 Å². The molecule has 0 aliphatic heterocycles. The van der Waals surface area contributed by atoms with Crippen LogP contribution < -0.4 is 20.1 Å². The van der Waals surface area contributed by atoms with E-state index in [4.69, 9.17) is 4.74 Å². The Kier molecular flexibility index (Phi) is 6.64. The quantitative estimate of drug-likeness (QED) is 0.576. The number of alkyl halides is 3. The molecule has 9 heteroatoms. The van der Waals surface area contributed by atoms with E-state index in [-0.39, 0.29) is 17.3 Å². The molecule has 0 saturated heterocycles. The van der Waals surface area contributed by atoms with E-state index >= 15 is 0 Å². The maximum Gasteiger partial charge on any atom is 0.573 e. The first-order valence-corrected chi connectivity index (χ1v) is 8.00. The molecule has 27 heavy (non-hydrogen) atoms.